The van der Waals surface area contributed by atoms with Gasteiger partial charge in [0.25, 0.3) is 0 Å². The van der Waals surface area contributed by atoms with Gasteiger partial charge in [0.05, 0.1) is 13.2 Å². The Kier molecular flexibility index (Phi) is 40.4. The van der Waals surface area contributed by atoms with E-state index in [0.29, 0.717) is 6.42 Å². The Morgan fingerprint density at radius 1 is 0.537 bits per heavy atom. The second kappa shape index (κ2) is 41.4. The van der Waals surface area contributed by atoms with Gasteiger partial charge in [-0.2, -0.15) is 0 Å². The molecule has 0 aliphatic heterocycles. The molecule has 2 atom stereocenters. The number of phosphoric acid groups is 1. The molecule has 0 spiro atoms. The molecular formula is C44H86NO8P. The van der Waals surface area contributed by atoms with Crippen LogP contribution in [0.15, 0.2) is 12.2 Å². The molecule has 10 heteroatoms. The lowest BCUT2D eigenvalue weighted by molar-refractivity contribution is -0.161. The summed E-state index contributed by atoms with van der Waals surface area (Å²) in [6.45, 7) is 3.73. The lowest BCUT2D eigenvalue weighted by Gasteiger charge is -2.19. The molecule has 0 aromatic rings. The highest BCUT2D eigenvalue weighted by atomic mass is 31.2. The van der Waals surface area contributed by atoms with Gasteiger partial charge in [0, 0.05) is 19.4 Å². The first-order valence-corrected chi connectivity index (χ1v) is 24.2. The third-order valence-corrected chi connectivity index (χ3v) is 10.9. The van der Waals surface area contributed by atoms with Crippen molar-refractivity contribution < 1.29 is 37.6 Å². The summed E-state index contributed by atoms with van der Waals surface area (Å²) in [6.07, 6.45) is 42.5. The predicted octanol–water partition coefficient (Wildman–Crippen LogP) is 13.0. The lowest BCUT2D eigenvalue weighted by atomic mass is 10.0. The number of allylic oxidation sites excluding steroid dienone is 2. The SMILES string of the molecule is CCCCC/C=C/CCCCCCCC(=O)O[C@@H](COC(=O)CCCCCCCCCCCCCCCCCCCCCCC)COP(=O)(O)OCCN. The molecule has 0 saturated carbocycles. The van der Waals surface area contributed by atoms with Crippen LogP contribution < -0.4 is 5.73 Å². The van der Waals surface area contributed by atoms with Crippen molar-refractivity contribution in [2.45, 2.75) is 232 Å². The second-order valence-electron chi connectivity index (χ2n) is 15.3. The van der Waals surface area contributed by atoms with Crippen LogP contribution in [0.4, 0.5) is 0 Å². The van der Waals surface area contributed by atoms with Gasteiger partial charge in [-0.1, -0.05) is 187 Å². The average Bonchev–Trinajstić information content (AvgIpc) is 3.16. The van der Waals surface area contributed by atoms with Crippen molar-refractivity contribution in [2.24, 2.45) is 5.73 Å². The molecular weight excluding hydrogens is 701 g/mol. The molecule has 0 heterocycles. The maximum absolute atomic E-state index is 12.5. The van der Waals surface area contributed by atoms with Crippen molar-refractivity contribution >= 4 is 19.8 Å². The molecule has 0 amide bonds. The quantitative estimate of drug-likeness (QED) is 0.0268. The number of hydrogen-bond donors (Lipinski definition) is 2. The van der Waals surface area contributed by atoms with E-state index in [2.05, 4.69) is 26.0 Å². The standard InChI is InChI=1S/C44H86NO8P/c1-3-5-7-9-11-13-15-17-18-19-20-21-22-23-24-25-27-28-30-32-34-36-43(46)50-40-42(41-52-54(48,49)51-39-38-45)53-44(47)37-35-33-31-29-26-16-14-12-10-8-6-4-2/h12,14,42H,3-11,13,15-41,45H2,1-2H3,(H,48,49)/b14-12+/t42-/m0/s1. The number of phosphoric ester groups is 1. The topological polar surface area (TPSA) is 134 Å². The first-order chi connectivity index (χ1) is 26.3. The van der Waals surface area contributed by atoms with Gasteiger partial charge in [0.1, 0.15) is 6.61 Å². The molecule has 9 nitrogen and oxygen atoms in total. The van der Waals surface area contributed by atoms with Crippen LogP contribution in [0.1, 0.15) is 226 Å². The minimum Gasteiger partial charge on any atom is -0.462 e. The fourth-order valence-corrected chi connectivity index (χ4v) is 7.28. The Hall–Kier alpha value is -1.25. The van der Waals surface area contributed by atoms with E-state index in [9.17, 15) is 19.0 Å². The monoisotopic (exact) mass is 788 g/mol. The van der Waals surface area contributed by atoms with Crippen molar-refractivity contribution in [3.05, 3.63) is 12.2 Å². The Morgan fingerprint density at radius 3 is 1.35 bits per heavy atom. The minimum absolute atomic E-state index is 0.0548. The van der Waals surface area contributed by atoms with E-state index in [-0.39, 0.29) is 38.6 Å². The Bertz CT molecular complexity index is 902. The number of esters is 2. The summed E-state index contributed by atoms with van der Waals surface area (Å²) in [5, 5.41) is 0. The van der Waals surface area contributed by atoms with Crippen LogP contribution in [0.25, 0.3) is 0 Å². The number of hydrogen-bond acceptors (Lipinski definition) is 8. The number of ether oxygens (including phenoxy) is 2. The van der Waals surface area contributed by atoms with Crippen molar-refractivity contribution in [3.8, 4) is 0 Å². The Morgan fingerprint density at radius 2 is 0.907 bits per heavy atom. The number of carbonyl (C=O) groups is 2. The number of rotatable bonds is 43. The molecule has 0 fully saturated rings. The van der Waals surface area contributed by atoms with Gasteiger partial charge in [0.15, 0.2) is 6.10 Å². The molecule has 0 aliphatic carbocycles. The zero-order valence-electron chi connectivity index (χ0n) is 35.2. The van der Waals surface area contributed by atoms with E-state index in [0.717, 1.165) is 57.8 Å². The predicted molar refractivity (Wildman–Crippen MR) is 224 cm³/mol. The van der Waals surface area contributed by atoms with Crippen LogP contribution in [-0.2, 0) is 32.7 Å². The summed E-state index contributed by atoms with van der Waals surface area (Å²) in [6, 6.07) is 0. The summed E-state index contributed by atoms with van der Waals surface area (Å²) < 4.78 is 32.8. The van der Waals surface area contributed by atoms with Crippen molar-refractivity contribution in [3.63, 3.8) is 0 Å². The lowest BCUT2D eigenvalue weighted by Crippen LogP contribution is -2.29. The highest BCUT2D eigenvalue weighted by Crippen LogP contribution is 2.43. The van der Waals surface area contributed by atoms with Gasteiger partial charge in [-0.15, -0.1) is 0 Å². The Labute approximate surface area is 332 Å². The first-order valence-electron chi connectivity index (χ1n) is 22.7. The molecule has 0 aliphatic rings. The van der Waals surface area contributed by atoms with Crippen LogP contribution in [0.3, 0.4) is 0 Å². The van der Waals surface area contributed by atoms with E-state index < -0.39 is 26.5 Å². The van der Waals surface area contributed by atoms with E-state index in [4.69, 9.17) is 24.3 Å². The average molecular weight is 788 g/mol. The normalized spacial score (nSPS) is 13.3. The van der Waals surface area contributed by atoms with E-state index >= 15 is 0 Å². The number of nitrogens with two attached hydrogens (primary N) is 1. The highest BCUT2D eigenvalue weighted by molar-refractivity contribution is 7.47. The Balaban J connectivity index is 4.02. The van der Waals surface area contributed by atoms with Crippen LogP contribution >= 0.6 is 7.82 Å². The van der Waals surface area contributed by atoms with Crippen molar-refractivity contribution in [2.75, 3.05) is 26.4 Å². The summed E-state index contributed by atoms with van der Waals surface area (Å²) in [5.41, 5.74) is 5.34. The maximum atomic E-state index is 12.5. The van der Waals surface area contributed by atoms with Gasteiger partial charge in [-0.25, -0.2) is 4.57 Å². The van der Waals surface area contributed by atoms with E-state index in [1.165, 1.54) is 135 Å². The molecule has 0 aromatic carbocycles. The third-order valence-electron chi connectivity index (χ3n) is 9.90. The second-order valence-corrected chi connectivity index (χ2v) is 16.7. The summed E-state index contributed by atoms with van der Waals surface area (Å²) in [5.74, 6) is -0.828. The van der Waals surface area contributed by atoms with Crippen LogP contribution in [0.2, 0.25) is 0 Å². The minimum atomic E-state index is -4.37. The molecule has 0 radical (unpaired) electrons. The fraction of sp³-hybridized carbons (Fsp3) is 0.909. The van der Waals surface area contributed by atoms with Crippen molar-refractivity contribution in [1.82, 2.24) is 0 Å². The molecule has 0 saturated heterocycles. The first kappa shape index (κ1) is 52.8. The molecule has 320 valence electrons. The molecule has 1 unspecified atom stereocenters. The molecule has 0 rings (SSSR count). The smallest absolute Gasteiger partial charge is 0.462 e. The summed E-state index contributed by atoms with van der Waals surface area (Å²) in [7, 11) is -4.37. The van der Waals surface area contributed by atoms with Gasteiger partial charge in [-0.3, -0.25) is 18.6 Å². The van der Waals surface area contributed by atoms with Crippen LogP contribution in [0.5, 0.6) is 0 Å². The largest absolute Gasteiger partial charge is 0.472 e. The van der Waals surface area contributed by atoms with E-state index in [1.54, 1.807) is 0 Å². The van der Waals surface area contributed by atoms with Gasteiger partial charge in [-0.05, 0) is 38.5 Å². The van der Waals surface area contributed by atoms with E-state index in [1.807, 2.05) is 0 Å². The molecule has 54 heavy (non-hydrogen) atoms. The van der Waals surface area contributed by atoms with Crippen LogP contribution in [-0.4, -0.2) is 49.3 Å². The summed E-state index contributed by atoms with van der Waals surface area (Å²) >= 11 is 0. The highest BCUT2D eigenvalue weighted by Gasteiger charge is 2.26. The molecule has 0 bridgehead atoms. The van der Waals surface area contributed by atoms with Crippen molar-refractivity contribution in [1.29, 1.82) is 0 Å². The maximum Gasteiger partial charge on any atom is 0.472 e. The van der Waals surface area contributed by atoms with Gasteiger partial charge >= 0.3 is 19.8 Å². The van der Waals surface area contributed by atoms with Gasteiger partial charge in [0.2, 0.25) is 0 Å². The van der Waals surface area contributed by atoms with Crippen LogP contribution in [0, 0.1) is 0 Å². The third kappa shape index (κ3) is 40.4. The summed E-state index contributed by atoms with van der Waals surface area (Å²) in [4.78, 5) is 34.8. The fourth-order valence-electron chi connectivity index (χ4n) is 6.51. The zero-order valence-corrected chi connectivity index (χ0v) is 36.1. The molecule has 3 N–H and O–H groups in total. The number of unbranched alkanes of at least 4 members (excludes halogenated alkanes) is 28. The zero-order chi connectivity index (χ0) is 39.6. The molecule has 0 aromatic heterocycles. The number of carbonyl (C=O) groups excluding carboxylic acids is 2. The van der Waals surface area contributed by atoms with Gasteiger partial charge < -0.3 is 20.1 Å².